The van der Waals surface area contributed by atoms with Crippen LogP contribution >= 0.6 is 0 Å². The van der Waals surface area contributed by atoms with E-state index in [0.717, 1.165) is 30.9 Å². The van der Waals surface area contributed by atoms with E-state index in [2.05, 4.69) is 33.9 Å². The van der Waals surface area contributed by atoms with Crippen molar-refractivity contribution in [1.82, 2.24) is 14.9 Å². The molecule has 2 atom stereocenters. The smallest absolute Gasteiger partial charge is 0.227 e. The van der Waals surface area contributed by atoms with Crippen LogP contribution < -0.4 is 10.6 Å². The fraction of sp³-hybridized carbons (Fsp3) is 0.692. The molecule has 1 saturated carbocycles. The topological polar surface area (TPSA) is 58.3 Å². The van der Waals surface area contributed by atoms with Gasteiger partial charge in [0, 0.05) is 25.3 Å². The Kier molecular flexibility index (Phi) is 2.86. The zero-order valence-corrected chi connectivity index (χ0v) is 11.1. The highest BCUT2D eigenvalue weighted by molar-refractivity contribution is 5.39. The minimum absolute atomic E-state index is 0.552. The van der Waals surface area contributed by atoms with E-state index in [1.165, 1.54) is 12.8 Å². The van der Waals surface area contributed by atoms with Crippen molar-refractivity contribution in [2.24, 2.45) is 11.8 Å². The van der Waals surface area contributed by atoms with Crippen molar-refractivity contribution in [3.8, 4) is 0 Å². The first-order valence-electron chi connectivity index (χ1n) is 6.65. The van der Waals surface area contributed by atoms with E-state index in [9.17, 15) is 0 Å². The molecule has 0 spiro atoms. The van der Waals surface area contributed by atoms with Gasteiger partial charge >= 0.3 is 0 Å². The Morgan fingerprint density at radius 1 is 1.33 bits per heavy atom. The van der Waals surface area contributed by atoms with Gasteiger partial charge in [0.2, 0.25) is 5.95 Å². The van der Waals surface area contributed by atoms with Crippen molar-refractivity contribution in [3.63, 3.8) is 0 Å². The summed E-state index contributed by atoms with van der Waals surface area (Å²) in [6.45, 7) is 2.08. The second-order valence-corrected chi connectivity index (χ2v) is 5.72. The zero-order valence-electron chi connectivity index (χ0n) is 11.1. The molecule has 0 unspecified atom stereocenters. The van der Waals surface area contributed by atoms with E-state index >= 15 is 0 Å². The van der Waals surface area contributed by atoms with Crippen molar-refractivity contribution in [1.29, 1.82) is 0 Å². The summed E-state index contributed by atoms with van der Waals surface area (Å²) in [5.41, 5.74) is 5.74. The van der Waals surface area contributed by atoms with Gasteiger partial charge in [-0.15, -0.1) is 0 Å². The number of nitrogens with zero attached hydrogens (tertiary/aromatic N) is 4. The number of hydrogen-bond donors (Lipinski definition) is 1. The van der Waals surface area contributed by atoms with Gasteiger partial charge in [-0.25, -0.2) is 4.98 Å². The van der Waals surface area contributed by atoms with Gasteiger partial charge in [-0.1, -0.05) is 0 Å². The molecule has 5 heteroatoms. The second-order valence-electron chi connectivity index (χ2n) is 5.72. The molecule has 1 aromatic rings. The standard InChI is InChI=1S/C13H21N5/c1-17(2)11-8-18(7-10(11)9-3-4-9)13-15-6-5-12(14)16-13/h5-6,9-11H,3-4,7-8H2,1-2H3,(H2,14,15,16)/t10-,11+/m1/s1. The Balaban J connectivity index is 1.79. The number of aromatic nitrogens is 2. The van der Waals surface area contributed by atoms with Crippen LogP contribution in [0.1, 0.15) is 12.8 Å². The fourth-order valence-corrected chi connectivity index (χ4v) is 3.02. The third-order valence-electron chi connectivity index (χ3n) is 4.17. The lowest BCUT2D eigenvalue weighted by Crippen LogP contribution is -2.36. The zero-order chi connectivity index (χ0) is 12.7. The maximum Gasteiger partial charge on any atom is 0.227 e. The van der Waals surface area contributed by atoms with E-state index in [4.69, 9.17) is 5.73 Å². The number of anilines is 2. The van der Waals surface area contributed by atoms with Gasteiger partial charge in [0.15, 0.2) is 0 Å². The summed E-state index contributed by atoms with van der Waals surface area (Å²) in [5.74, 6) is 3.00. The molecule has 1 aliphatic heterocycles. The summed E-state index contributed by atoms with van der Waals surface area (Å²) < 4.78 is 0. The molecule has 2 N–H and O–H groups in total. The predicted molar refractivity (Wildman–Crippen MR) is 72.3 cm³/mol. The maximum absolute atomic E-state index is 5.74. The largest absolute Gasteiger partial charge is 0.384 e. The molecular weight excluding hydrogens is 226 g/mol. The molecule has 1 aliphatic carbocycles. The summed E-state index contributed by atoms with van der Waals surface area (Å²) in [6.07, 6.45) is 4.52. The molecule has 0 radical (unpaired) electrons. The summed E-state index contributed by atoms with van der Waals surface area (Å²) in [7, 11) is 4.34. The third kappa shape index (κ3) is 2.14. The number of rotatable bonds is 3. The molecule has 1 saturated heterocycles. The lowest BCUT2D eigenvalue weighted by molar-refractivity contribution is 0.238. The molecule has 2 fully saturated rings. The summed E-state index contributed by atoms with van der Waals surface area (Å²) >= 11 is 0. The molecule has 0 bridgehead atoms. The van der Waals surface area contributed by atoms with Crippen LogP contribution in [0.15, 0.2) is 12.3 Å². The maximum atomic E-state index is 5.74. The first-order chi connectivity index (χ1) is 8.65. The predicted octanol–water partition coefficient (Wildman–Crippen LogP) is 0.835. The number of nitrogen functional groups attached to an aromatic ring is 1. The fourth-order valence-electron chi connectivity index (χ4n) is 3.02. The molecule has 0 amide bonds. The lowest BCUT2D eigenvalue weighted by Gasteiger charge is -2.24. The van der Waals surface area contributed by atoms with Crippen molar-refractivity contribution >= 4 is 11.8 Å². The molecule has 18 heavy (non-hydrogen) atoms. The Labute approximate surface area is 108 Å². The van der Waals surface area contributed by atoms with Crippen LogP contribution in [0, 0.1) is 11.8 Å². The molecule has 2 aliphatic rings. The summed E-state index contributed by atoms with van der Waals surface area (Å²) in [6, 6.07) is 2.35. The molecule has 2 heterocycles. The first kappa shape index (κ1) is 11.7. The highest BCUT2D eigenvalue weighted by atomic mass is 15.3. The number of nitrogens with two attached hydrogens (primary N) is 1. The van der Waals surface area contributed by atoms with Gasteiger partial charge in [0.1, 0.15) is 5.82 Å². The molecule has 5 nitrogen and oxygen atoms in total. The molecule has 98 valence electrons. The van der Waals surface area contributed by atoms with Gasteiger partial charge in [0.05, 0.1) is 0 Å². The van der Waals surface area contributed by atoms with Crippen LogP contribution in [0.3, 0.4) is 0 Å². The third-order valence-corrected chi connectivity index (χ3v) is 4.17. The summed E-state index contributed by atoms with van der Waals surface area (Å²) in [5, 5.41) is 0. The van der Waals surface area contributed by atoms with E-state index in [-0.39, 0.29) is 0 Å². The Morgan fingerprint density at radius 3 is 2.72 bits per heavy atom. The quantitative estimate of drug-likeness (QED) is 0.857. The van der Waals surface area contributed by atoms with Crippen molar-refractivity contribution in [3.05, 3.63) is 12.3 Å². The van der Waals surface area contributed by atoms with Crippen LogP contribution in [-0.2, 0) is 0 Å². The minimum atomic E-state index is 0.552. The Hall–Kier alpha value is -1.36. The Morgan fingerprint density at radius 2 is 2.11 bits per heavy atom. The average Bonchev–Trinajstić information content (AvgIpc) is 3.07. The molecule has 0 aromatic carbocycles. The monoisotopic (exact) mass is 247 g/mol. The molecule has 3 rings (SSSR count). The van der Waals surface area contributed by atoms with Crippen LogP contribution in [0.2, 0.25) is 0 Å². The van der Waals surface area contributed by atoms with E-state index in [1.54, 1.807) is 12.3 Å². The van der Waals surface area contributed by atoms with Crippen LogP contribution in [0.5, 0.6) is 0 Å². The van der Waals surface area contributed by atoms with Crippen molar-refractivity contribution in [2.45, 2.75) is 18.9 Å². The van der Waals surface area contributed by atoms with Crippen LogP contribution in [-0.4, -0.2) is 48.1 Å². The van der Waals surface area contributed by atoms with Gasteiger partial charge in [-0.3, -0.25) is 0 Å². The van der Waals surface area contributed by atoms with Gasteiger partial charge in [0.25, 0.3) is 0 Å². The minimum Gasteiger partial charge on any atom is -0.384 e. The lowest BCUT2D eigenvalue weighted by atomic mass is 9.97. The van der Waals surface area contributed by atoms with Gasteiger partial charge in [-0.05, 0) is 44.8 Å². The molecule has 1 aromatic heterocycles. The molecular formula is C13H21N5. The first-order valence-corrected chi connectivity index (χ1v) is 6.65. The second kappa shape index (κ2) is 4.39. The van der Waals surface area contributed by atoms with Crippen LogP contribution in [0.25, 0.3) is 0 Å². The highest BCUT2D eigenvalue weighted by Gasteiger charge is 2.43. The van der Waals surface area contributed by atoms with Gasteiger partial charge in [-0.2, -0.15) is 4.98 Å². The average molecular weight is 247 g/mol. The normalized spacial score (nSPS) is 28.1. The Bertz CT molecular complexity index is 419. The SMILES string of the molecule is CN(C)[C@H]1CN(c2nccc(N)n2)C[C@@H]1C1CC1. The number of likely N-dealkylation sites (N-methyl/N-ethyl adjacent to an activating group) is 1. The van der Waals surface area contributed by atoms with E-state index in [1.807, 2.05) is 0 Å². The summed E-state index contributed by atoms with van der Waals surface area (Å²) in [4.78, 5) is 13.3. The van der Waals surface area contributed by atoms with E-state index in [0.29, 0.717) is 11.9 Å². The number of hydrogen-bond acceptors (Lipinski definition) is 5. The highest BCUT2D eigenvalue weighted by Crippen LogP contribution is 2.43. The van der Waals surface area contributed by atoms with Crippen molar-refractivity contribution in [2.75, 3.05) is 37.8 Å². The van der Waals surface area contributed by atoms with Crippen LogP contribution in [0.4, 0.5) is 11.8 Å². The van der Waals surface area contributed by atoms with Gasteiger partial charge < -0.3 is 15.5 Å². The van der Waals surface area contributed by atoms with E-state index < -0.39 is 0 Å². The van der Waals surface area contributed by atoms with Crippen molar-refractivity contribution < 1.29 is 0 Å².